The molecule has 0 radical (unpaired) electrons. The first kappa shape index (κ1) is 20.4. The highest BCUT2D eigenvalue weighted by Gasteiger charge is 2.48. The van der Waals surface area contributed by atoms with Gasteiger partial charge in [-0.15, -0.1) is 0 Å². The Hall–Kier alpha value is -1.87. The summed E-state index contributed by atoms with van der Waals surface area (Å²) in [7, 11) is 0. The fourth-order valence-corrected chi connectivity index (χ4v) is 2.92. The van der Waals surface area contributed by atoms with Gasteiger partial charge in [-0.2, -0.15) is 0 Å². The zero-order chi connectivity index (χ0) is 19.8. The standard InChI is InChI=1S/C18H26O8/c1-7(2)10-5-9(19)6-11(8(3)4)15(10)25-18-14(22)12(20)13(21)16(26-18)17(23)24/h5-8,12-14,16,18-22H,1-4H3,(H,23,24)/t12-,13-,14-,16-,18+/m0/s1. The lowest BCUT2D eigenvalue weighted by atomic mass is 9.93. The van der Waals surface area contributed by atoms with Crippen molar-refractivity contribution in [2.24, 2.45) is 0 Å². The monoisotopic (exact) mass is 370 g/mol. The van der Waals surface area contributed by atoms with E-state index in [0.717, 1.165) is 0 Å². The van der Waals surface area contributed by atoms with Gasteiger partial charge in [0.1, 0.15) is 29.8 Å². The molecule has 1 aromatic carbocycles. The number of rotatable bonds is 5. The van der Waals surface area contributed by atoms with Crippen LogP contribution in [-0.2, 0) is 9.53 Å². The van der Waals surface area contributed by atoms with Crippen LogP contribution in [0.3, 0.4) is 0 Å². The Bertz CT molecular complexity index is 628. The van der Waals surface area contributed by atoms with Crippen molar-refractivity contribution < 1.29 is 39.8 Å². The van der Waals surface area contributed by atoms with Crippen LogP contribution in [0.15, 0.2) is 12.1 Å². The number of carbonyl (C=O) groups is 1. The van der Waals surface area contributed by atoms with E-state index in [0.29, 0.717) is 16.9 Å². The van der Waals surface area contributed by atoms with Gasteiger partial charge in [-0.25, -0.2) is 4.79 Å². The molecule has 1 heterocycles. The highest BCUT2D eigenvalue weighted by atomic mass is 16.7. The third-order valence-electron chi connectivity index (χ3n) is 4.42. The van der Waals surface area contributed by atoms with Crippen molar-refractivity contribution in [2.45, 2.75) is 70.2 Å². The van der Waals surface area contributed by atoms with Crippen LogP contribution in [0.5, 0.6) is 11.5 Å². The summed E-state index contributed by atoms with van der Waals surface area (Å²) in [5, 5.41) is 49.0. The summed E-state index contributed by atoms with van der Waals surface area (Å²) < 4.78 is 11.0. The SMILES string of the molecule is CC(C)c1cc(O)cc(C(C)C)c1O[C@@H]1O[C@H](C(=O)O)[C@@H](O)[C@H](O)[C@@H]1O. The second kappa shape index (κ2) is 7.79. The van der Waals surface area contributed by atoms with Crippen molar-refractivity contribution in [1.82, 2.24) is 0 Å². The molecule has 8 nitrogen and oxygen atoms in total. The first-order chi connectivity index (χ1) is 12.0. The van der Waals surface area contributed by atoms with Crippen LogP contribution in [0.4, 0.5) is 0 Å². The summed E-state index contributed by atoms with van der Waals surface area (Å²) in [5.74, 6) is -1.14. The molecule has 1 aromatic rings. The molecule has 146 valence electrons. The van der Waals surface area contributed by atoms with Gasteiger partial charge in [0.05, 0.1) is 0 Å². The zero-order valence-electron chi connectivity index (χ0n) is 15.2. The lowest BCUT2D eigenvalue weighted by Gasteiger charge is -2.39. The number of aliphatic hydroxyl groups is 3. The van der Waals surface area contributed by atoms with Gasteiger partial charge in [0, 0.05) is 11.1 Å². The van der Waals surface area contributed by atoms with Gasteiger partial charge in [0.15, 0.2) is 6.10 Å². The number of aromatic hydroxyl groups is 1. The summed E-state index contributed by atoms with van der Waals surface area (Å²) in [6.45, 7) is 7.57. The molecule has 0 aliphatic carbocycles. The Kier molecular flexibility index (Phi) is 6.13. The molecule has 1 fully saturated rings. The van der Waals surface area contributed by atoms with Crippen LogP contribution in [0.1, 0.15) is 50.7 Å². The Morgan fingerprint density at radius 1 is 1.00 bits per heavy atom. The second-order valence-electron chi connectivity index (χ2n) is 7.12. The maximum absolute atomic E-state index is 11.2. The highest BCUT2D eigenvalue weighted by Crippen LogP contribution is 2.39. The van der Waals surface area contributed by atoms with E-state index in [1.54, 1.807) is 0 Å². The quantitative estimate of drug-likeness (QED) is 0.516. The second-order valence-corrected chi connectivity index (χ2v) is 7.12. The number of carboxylic acid groups (broad SMARTS) is 1. The minimum Gasteiger partial charge on any atom is -0.508 e. The number of hydrogen-bond donors (Lipinski definition) is 5. The van der Waals surface area contributed by atoms with E-state index in [1.165, 1.54) is 12.1 Å². The van der Waals surface area contributed by atoms with Crippen molar-refractivity contribution in [2.75, 3.05) is 0 Å². The summed E-state index contributed by atoms with van der Waals surface area (Å²) in [6.07, 6.45) is -8.39. The van der Waals surface area contributed by atoms with E-state index in [1.807, 2.05) is 27.7 Å². The lowest BCUT2D eigenvalue weighted by molar-refractivity contribution is -0.271. The van der Waals surface area contributed by atoms with Crippen LogP contribution >= 0.6 is 0 Å². The van der Waals surface area contributed by atoms with Gasteiger partial charge in [-0.05, 0) is 24.0 Å². The van der Waals surface area contributed by atoms with E-state index in [9.17, 15) is 25.2 Å². The predicted octanol–water partition coefficient (Wildman–Crippen LogP) is 0.910. The topological polar surface area (TPSA) is 137 Å². The molecule has 0 bridgehead atoms. The molecule has 8 heteroatoms. The van der Waals surface area contributed by atoms with Crippen LogP contribution in [0.2, 0.25) is 0 Å². The number of phenolic OH excluding ortho intramolecular Hbond substituents is 1. The molecule has 0 spiro atoms. The van der Waals surface area contributed by atoms with E-state index >= 15 is 0 Å². The molecule has 0 amide bonds. The maximum Gasteiger partial charge on any atom is 0.335 e. The summed E-state index contributed by atoms with van der Waals surface area (Å²) in [5.41, 5.74) is 1.30. The van der Waals surface area contributed by atoms with Crippen molar-refractivity contribution in [3.63, 3.8) is 0 Å². The van der Waals surface area contributed by atoms with E-state index < -0.39 is 36.7 Å². The minimum absolute atomic E-state index is 0.0406. The molecule has 5 N–H and O–H groups in total. The molecule has 0 unspecified atom stereocenters. The molecule has 1 aliphatic rings. The van der Waals surface area contributed by atoms with Crippen LogP contribution < -0.4 is 4.74 Å². The minimum atomic E-state index is -1.78. The van der Waals surface area contributed by atoms with Gasteiger partial charge >= 0.3 is 5.97 Å². The molecule has 1 aliphatic heterocycles. The number of ether oxygens (including phenoxy) is 2. The molecule has 2 rings (SSSR count). The summed E-state index contributed by atoms with van der Waals surface area (Å²) in [6, 6.07) is 3.06. The summed E-state index contributed by atoms with van der Waals surface area (Å²) >= 11 is 0. The largest absolute Gasteiger partial charge is 0.508 e. The van der Waals surface area contributed by atoms with Crippen LogP contribution in [-0.4, -0.2) is 62.2 Å². The van der Waals surface area contributed by atoms with Gasteiger partial charge in [0.25, 0.3) is 0 Å². The van der Waals surface area contributed by atoms with Gasteiger partial charge in [-0.1, -0.05) is 27.7 Å². The van der Waals surface area contributed by atoms with Gasteiger partial charge in [-0.3, -0.25) is 0 Å². The predicted molar refractivity (Wildman–Crippen MR) is 91.2 cm³/mol. The third kappa shape index (κ3) is 3.93. The molecule has 26 heavy (non-hydrogen) atoms. The van der Waals surface area contributed by atoms with Crippen molar-refractivity contribution in [3.8, 4) is 11.5 Å². The van der Waals surface area contributed by atoms with Crippen molar-refractivity contribution >= 4 is 5.97 Å². The highest BCUT2D eigenvalue weighted by molar-refractivity contribution is 5.73. The summed E-state index contributed by atoms with van der Waals surface area (Å²) in [4.78, 5) is 11.2. The molecule has 5 atom stereocenters. The Morgan fingerprint density at radius 3 is 1.92 bits per heavy atom. The van der Waals surface area contributed by atoms with E-state index in [2.05, 4.69) is 0 Å². The Balaban J connectivity index is 2.44. The number of carboxylic acids is 1. The van der Waals surface area contributed by atoms with E-state index in [4.69, 9.17) is 14.6 Å². The number of phenols is 1. The first-order valence-electron chi connectivity index (χ1n) is 8.50. The third-order valence-corrected chi connectivity index (χ3v) is 4.42. The van der Waals surface area contributed by atoms with Gasteiger partial charge < -0.3 is 35.0 Å². The fourth-order valence-electron chi connectivity index (χ4n) is 2.92. The average molecular weight is 370 g/mol. The van der Waals surface area contributed by atoms with E-state index in [-0.39, 0.29) is 17.6 Å². The number of aliphatic hydroxyl groups excluding tert-OH is 3. The normalized spacial score (nSPS) is 29.2. The lowest BCUT2D eigenvalue weighted by Crippen LogP contribution is -2.61. The van der Waals surface area contributed by atoms with Gasteiger partial charge in [0.2, 0.25) is 6.29 Å². The van der Waals surface area contributed by atoms with Crippen LogP contribution in [0.25, 0.3) is 0 Å². The maximum atomic E-state index is 11.2. The van der Waals surface area contributed by atoms with Crippen LogP contribution in [0, 0.1) is 0 Å². The smallest absolute Gasteiger partial charge is 0.335 e. The van der Waals surface area contributed by atoms with Crippen molar-refractivity contribution in [1.29, 1.82) is 0 Å². The average Bonchev–Trinajstić information content (AvgIpc) is 2.55. The fraction of sp³-hybridized carbons (Fsp3) is 0.611. The number of aliphatic carboxylic acids is 1. The molecular weight excluding hydrogens is 344 g/mol. The molecule has 0 aromatic heterocycles. The zero-order valence-corrected chi connectivity index (χ0v) is 15.2. The number of benzene rings is 1. The Morgan fingerprint density at radius 2 is 1.50 bits per heavy atom. The molecular formula is C18H26O8. The Labute approximate surface area is 151 Å². The molecule has 0 saturated carbocycles. The first-order valence-corrected chi connectivity index (χ1v) is 8.50. The molecule has 1 saturated heterocycles. The van der Waals surface area contributed by atoms with Crippen molar-refractivity contribution in [3.05, 3.63) is 23.3 Å². The number of hydrogen-bond acceptors (Lipinski definition) is 7.